The molecule has 2 amide bonds. The molecule has 162 valence electrons. The second-order valence-electron chi connectivity index (χ2n) is 7.95. The molecule has 2 N–H and O–H groups in total. The highest BCUT2D eigenvalue weighted by atomic mass is 32.2. The Morgan fingerprint density at radius 2 is 1.90 bits per heavy atom. The summed E-state index contributed by atoms with van der Waals surface area (Å²) in [6, 6.07) is 10.8. The Balaban J connectivity index is 1.68. The maximum atomic E-state index is 12.7. The Labute approximate surface area is 176 Å². The fraction of sp³-hybridized carbons (Fsp3) is 0.429. The van der Waals surface area contributed by atoms with Crippen molar-refractivity contribution >= 4 is 21.7 Å². The highest BCUT2D eigenvalue weighted by Gasteiger charge is 2.39. The lowest BCUT2D eigenvalue weighted by atomic mass is 10.0. The first kappa shape index (κ1) is 22.0. The number of furan rings is 1. The molecule has 8 nitrogen and oxygen atoms in total. The summed E-state index contributed by atoms with van der Waals surface area (Å²) in [7, 11) is -1.53. The van der Waals surface area contributed by atoms with Crippen LogP contribution in [0, 0.1) is 0 Å². The highest BCUT2D eigenvalue weighted by Crippen LogP contribution is 2.23. The lowest BCUT2D eigenvalue weighted by Crippen LogP contribution is -2.50. The third kappa shape index (κ3) is 5.93. The number of nitrogens with zero attached hydrogens (tertiary/aromatic N) is 1. The third-order valence-electron chi connectivity index (χ3n) is 5.12. The zero-order valence-corrected chi connectivity index (χ0v) is 18.0. The second kappa shape index (κ2) is 9.01. The van der Waals surface area contributed by atoms with Gasteiger partial charge in [0.2, 0.25) is 5.91 Å². The van der Waals surface area contributed by atoms with Gasteiger partial charge in [0.1, 0.15) is 5.76 Å². The van der Waals surface area contributed by atoms with Gasteiger partial charge < -0.3 is 15.1 Å². The molecule has 1 aliphatic rings. The first-order valence-electron chi connectivity index (χ1n) is 9.75. The predicted octanol–water partition coefficient (Wildman–Crippen LogP) is 1.33. The van der Waals surface area contributed by atoms with Crippen molar-refractivity contribution in [3.63, 3.8) is 0 Å². The van der Waals surface area contributed by atoms with E-state index in [-0.39, 0.29) is 29.9 Å². The minimum atomic E-state index is -3.11. The van der Waals surface area contributed by atoms with Gasteiger partial charge in [0, 0.05) is 19.2 Å². The van der Waals surface area contributed by atoms with Crippen LogP contribution >= 0.6 is 0 Å². The zero-order valence-electron chi connectivity index (χ0n) is 17.2. The fourth-order valence-corrected chi connectivity index (χ4v) is 5.74. The summed E-state index contributed by atoms with van der Waals surface area (Å²) in [4.78, 5) is 26.3. The molecule has 2 aromatic rings. The largest absolute Gasteiger partial charge is 0.468 e. The molecule has 1 saturated heterocycles. The van der Waals surface area contributed by atoms with E-state index in [1.807, 2.05) is 23.1 Å². The number of nitrogens with one attached hydrogen (secondary N) is 2. The topological polar surface area (TPSA) is 109 Å². The first-order chi connectivity index (χ1) is 14.2. The number of carbonyl (C=O) groups excluding carboxylic acids is 2. The van der Waals surface area contributed by atoms with Crippen LogP contribution < -0.4 is 10.6 Å². The molecular formula is C21H27N3O5S. The average Bonchev–Trinajstić information content (AvgIpc) is 3.28. The molecule has 0 aliphatic carbocycles. The lowest BCUT2D eigenvalue weighted by Gasteiger charge is -2.27. The summed E-state index contributed by atoms with van der Waals surface area (Å²) in [5.41, 5.74) is 0.769. The Bertz CT molecular complexity index is 986. The van der Waals surface area contributed by atoms with Crippen LogP contribution in [-0.2, 0) is 27.7 Å². The summed E-state index contributed by atoms with van der Waals surface area (Å²) >= 11 is 0. The van der Waals surface area contributed by atoms with Crippen molar-refractivity contribution < 1.29 is 22.4 Å². The number of rotatable bonds is 8. The van der Waals surface area contributed by atoms with Crippen LogP contribution in [0.25, 0.3) is 0 Å². The lowest BCUT2D eigenvalue weighted by molar-refractivity contribution is -0.124. The van der Waals surface area contributed by atoms with Crippen molar-refractivity contribution in [3.05, 3.63) is 59.5 Å². The molecule has 9 heteroatoms. The van der Waals surface area contributed by atoms with E-state index in [0.717, 1.165) is 11.3 Å². The molecule has 1 fully saturated rings. The van der Waals surface area contributed by atoms with Crippen molar-refractivity contribution in [2.45, 2.75) is 32.0 Å². The van der Waals surface area contributed by atoms with Gasteiger partial charge in [0.25, 0.3) is 5.91 Å². The van der Waals surface area contributed by atoms with Gasteiger partial charge in [-0.2, -0.15) is 0 Å². The SMILES string of the molecule is CNC(=O)c1ccc(CN(CC(=O)NC2(C)CCS(=O)(=O)C2)Cc2ccco2)cc1. The summed E-state index contributed by atoms with van der Waals surface area (Å²) in [5.74, 6) is 0.387. The van der Waals surface area contributed by atoms with Crippen molar-refractivity contribution in [3.8, 4) is 0 Å². The van der Waals surface area contributed by atoms with Gasteiger partial charge in [-0.1, -0.05) is 12.1 Å². The standard InChI is InChI=1S/C21H27N3O5S/c1-21(9-11-30(27,28)15-21)23-19(25)14-24(13-18-4-3-10-29-18)12-16-5-7-17(8-6-16)20(26)22-2/h3-8,10H,9,11-15H2,1-2H3,(H,22,26)(H,23,25). The molecular weight excluding hydrogens is 406 g/mol. The minimum absolute atomic E-state index is 0.0368. The number of amides is 2. The van der Waals surface area contributed by atoms with Gasteiger partial charge >= 0.3 is 0 Å². The molecule has 1 aromatic heterocycles. The van der Waals surface area contributed by atoms with Crippen LogP contribution in [0.15, 0.2) is 47.1 Å². The van der Waals surface area contributed by atoms with E-state index in [2.05, 4.69) is 10.6 Å². The highest BCUT2D eigenvalue weighted by molar-refractivity contribution is 7.91. The van der Waals surface area contributed by atoms with Crippen molar-refractivity contribution in [2.24, 2.45) is 0 Å². The van der Waals surface area contributed by atoms with Crippen LogP contribution in [0.2, 0.25) is 0 Å². The van der Waals surface area contributed by atoms with E-state index in [0.29, 0.717) is 25.1 Å². The van der Waals surface area contributed by atoms with E-state index >= 15 is 0 Å². The van der Waals surface area contributed by atoms with Crippen molar-refractivity contribution in [2.75, 3.05) is 25.1 Å². The maximum Gasteiger partial charge on any atom is 0.251 e. The van der Waals surface area contributed by atoms with Gasteiger partial charge in [-0.3, -0.25) is 14.5 Å². The van der Waals surface area contributed by atoms with Crippen LogP contribution in [0.4, 0.5) is 0 Å². The quantitative estimate of drug-likeness (QED) is 0.650. The van der Waals surface area contributed by atoms with E-state index in [9.17, 15) is 18.0 Å². The maximum absolute atomic E-state index is 12.7. The Kier molecular flexibility index (Phi) is 6.62. The average molecular weight is 434 g/mol. The summed E-state index contributed by atoms with van der Waals surface area (Å²) in [6.07, 6.45) is 2.00. The van der Waals surface area contributed by atoms with Gasteiger partial charge in [0.15, 0.2) is 9.84 Å². The molecule has 1 atom stereocenters. The van der Waals surface area contributed by atoms with E-state index < -0.39 is 15.4 Å². The van der Waals surface area contributed by atoms with Crippen molar-refractivity contribution in [1.82, 2.24) is 15.5 Å². The van der Waals surface area contributed by atoms with Gasteiger partial charge in [-0.25, -0.2) is 8.42 Å². The Morgan fingerprint density at radius 3 is 2.47 bits per heavy atom. The van der Waals surface area contributed by atoms with E-state index in [1.165, 1.54) is 0 Å². The smallest absolute Gasteiger partial charge is 0.251 e. The van der Waals surface area contributed by atoms with Crippen LogP contribution in [0.3, 0.4) is 0 Å². The second-order valence-corrected chi connectivity index (χ2v) is 10.1. The molecule has 1 aliphatic heterocycles. The van der Waals surface area contributed by atoms with E-state index in [4.69, 9.17) is 4.42 Å². The fourth-order valence-electron chi connectivity index (χ4n) is 3.64. The molecule has 1 unspecified atom stereocenters. The molecule has 0 bridgehead atoms. The Morgan fingerprint density at radius 1 is 1.17 bits per heavy atom. The zero-order chi connectivity index (χ0) is 21.8. The summed E-state index contributed by atoms with van der Waals surface area (Å²) < 4.78 is 29.0. The van der Waals surface area contributed by atoms with E-state index in [1.54, 1.807) is 38.4 Å². The Hall–Kier alpha value is -2.65. The molecule has 2 heterocycles. The first-order valence-corrected chi connectivity index (χ1v) is 11.6. The number of sulfone groups is 1. The number of hydrogen-bond donors (Lipinski definition) is 2. The third-order valence-corrected chi connectivity index (χ3v) is 7.02. The molecule has 30 heavy (non-hydrogen) atoms. The number of benzene rings is 1. The summed E-state index contributed by atoms with van der Waals surface area (Å²) in [6.45, 7) is 2.75. The molecule has 3 rings (SSSR count). The molecule has 1 aromatic carbocycles. The molecule has 0 spiro atoms. The van der Waals surface area contributed by atoms with Crippen LogP contribution in [-0.4, -0.2) is 55.8 Å². The van der Waals surface area contributed by atoms with Gasteiger partial charge in [0.05, 0.1) is 36.4 Å². The number of carbonyl (C=O) groups is 2. The van der Waals surface area contributed by atoms with Crippen LogP contribution in [0.5, 0.6) is 0 Å². The molecule has 0 radical (unpaired) electrons. The minimum Gasteiger partial charge on any atom is -0.468 e. The normalized spacial score (nSPS) is 20.2. The monoisotopic (exact) mass is 433 g/mol. The molecule has 0 saturated carbocycles. The number of hydrogen-bond acceptors (Lipinski definition) is 6. The predicted molar refractivity (Wildman–Crippen MR) is 112 cm³/mol. The summed E-state index contributed by atoms with van der Waals surface area (Å²) in [5, 5.41) is 5.48. The van der Waals surface area contributed by atoms with Crippen LogP contribution in [0.1, 0.15) is 35.0 Å². The van der Waals surface area contributed by atoms with Gasteiger partial charge in [-0.05, 0) is 43.2 Å². The van der Waals surface area contributed by atoms with Crippen molar-refractivity contribution in [1.29, 1.82) is 0 Å². The van der Waals surface area contributed by atoms with Gasteiger partial charge in [-0.15, -0.1) is 0 Å².